The summed E-state index contributed by atoms with van der Waals surface area (Å²) in [6.07, 6.45) is 0. The van der Waals surface area contributed by atoms with Gasteiger partial charge >= 0.3 is 0 Å². The molecule has 2 nitrogen and oxygen atoms in total. The van der Waals surface area contributed by atoms with Crippen molar-refractivity contribution in [2.75, 3.05) is 19.8 Å². The van der Waals surface area contributed by atoms with Gasteiger partial charge in [0.25, 0.3) is 0 Å². The van der Waals surface area contributed by atoms with E-state index in [0.29, 0.717) is 6.04 Å². The molecule has 2 rings (SSSR count). The molecule has 1 heterocycles. The van der Waals surface area contributed by atoms with Crippen LogP contribution < -0.4 is 0 Å². The molecule has 2 heteroatoms. The van der Waals surface area contributed by atoms with Crippen molar-refractivity contribution in [2.24, 2.45) is 0 Å². The van der Waals surface area contributed by atoms with Gasteiger partial charge in [-0.3, -0.25) is 4.90 Å². The highest BCUT2D eigenvalue weighted by molar-refractivity contribution is 5.21. The monoisotopic (exact) mass is 205 g/mol. The second-order valence-electron chi connectivity index (χ2n) is 4.38. The molecule has 82 valence electrons. The van der Waals surface area contributed by atoms with Gasteiger partial charge in [-0.05, 0) is 19.4 Å². The molecule has 15 heavy (non-hydrogen) atoms. The quantitative estimate of drug-likeness (QED) is 0.734. The predicted molar refractivity (Wildman–Crippen MR) is 61.9 cm³/mol. The number of rotatable bonds is 2. The van der Waals surface area contributed by atoms with Crippen molar-refractivity contribution in [3.8, 4) is 0 Å². The van der Waals surface area contributed by atoms with Crippen LogP contribution >= 0.6 is 0 Å². The molecule has 0 amide bonds. The molecular formula is C13H19NO. The van der Waals surface area contributed by atoms with Crippen LogP contribution in [-0.4, -0.2) is 30.7 Å². The molecule has 0 aliphatic carbocycles. The molecule has 0 saturated carbocycles. The highest BCUT2D eigenvalue weighted by Crippen LogP contribution is 2.12. The zero-order valence-corrected chi connectivity index (χ0v) is 9.57. The number of hydrogen-bond donors (Lipinski definition) is 0. The lowest BCUT2D eigenvalue weighted by atomic mass is 10.1. The third-order valence-electron chi connectivity index (χ3n) is 3.01. The van der Waals surface area contributed by atoms with Crippen LogP contribution in [0.2, 0.25) is 0 Å². The smallest absolute Gasteiger partial charge is 0.0619 e. The van der Waals surface area contributed by atoms with Gasteiger partial charge < -0.3 is 4.74 Å². The Morgan fingerprint density at radius 2 is 2.07 bits per heavy atom. The van der Waals surface area contributed by atoms with Crippen molar-refractivity contribution in [1.29, 1.82) is 0 Å². The van der Waals surface area contributed by atoms with Crippen LogP contribution in [0.4, 0.5) is 0 Å². The highest BCUT2D eigenvalue weighted by Gasteiger charge is 2.18. The van der Waals surface area contributed by atoms with Crippen LogP contribution in [0.5, 0.6) is 0 Å². The van der Waals surface area contributed by atoms with E-state index in [2.05, 4.69) is 43.0 Å². The first-order valence-electron chi connectivity index (χ1n) is 5.63. The minimum Gasteiger partial charge on any atom is -0.379 e. The number of ether oxygens (including phenoxy) is 1. The summed E-state index contributed by atoms with van der Waals surface area (Å²) in [4.78, 5) is 2.48. The maximum absolute atomic E-state index is 5.43. The van der Waals surface area contributed by atoms with E-state index in [4.69, 9.17) is 4.74 Å². The van der Waals surface area contributed by atoms with Gasteiger partial charge in [-0.25, -0.2) is 0 Å². The van der Waals surface area contributed by atoms with Crippen molar-refractivity contribution < 1.29 is 4.74 Å². The Kier molecular flexibility index (Phi) is 3.39. The average Bonchev–Trinajstić information content (AvgIpc) is 2.25. The molecule has 0 unspecified atom stereocenters. The van der Waals surface area contributed by atoms with Crippen molar-refractivity contribution in [3.63, 3.8) is 0 Å². The lowest BCUT2D eigenvalue weighted by molar-refractivity contribution is -0.00436. The van der Waals surface area contributed by atoms with E-state index >= 15 is 0 Å². The summed E-state index contributed by atoms with van der Waals surface area (Å²) in [5.41, 5.74) is 2.73. The van der Waals surface area contributed by atoms with Crippen molar-refractivity contribution in [3.05, 3.63) is 35.4 Å². The molecule has 0 radical (unpaired) electrons. The van der Waals surface area contributed by atoms with Gasteiger partial charge in [0.2, 0.25) is 0 Å². The zero-order valence-electron chi connectivity index (χ0n) is 9.57. The average molecular weight is 205 g/mol. The molecule has 0 aromatic heterocycles. The molecule has 1 atom stereocenters. The number of benzene rings is 1. The molecular weight excluding hydrogens is 186 g/mol. The summed E-state index contributed by atoms with van der Waals surface area (Å²) in [6.45, 7) is 8.19. The predicted octanol–water partition coefficient (Wildman–Crippen LogP) is 2.22. The molecule has 1 aliphatic heterocycles. The fourth-order valence-electron chi connectivity index (χ4n) is 1.92. The molecule has 1 aromatic carbocycles. The molecule has 0 spiro atoms. The van der Waals surface area contributed by atoms with Crippen LogP contribution in [0.15, 0.2) is 24.3 Å². The number of aryl methyl sites for hydroxylation is 1. The van der Waals surface area contributed by atoms with Gasteiger partial charge in [0.15, 0.2) is 0 Å². The van der Waals surface area contributed by atoms with E-state index in [1.54, 1.807) is 0 Å². The summed E-state index contributed by atoms with van der Waals surface area (Å²) >= 11 is 0. The van der Waals surface area contributed by atoms with Crippen LogP contribution in [0, 0.1) is 6.92 Å². The second kappa shape index (κ2) is 4.77. The van der Waals surface area contributed by atoms with E-state index in [9.17, 15) is 0 Å². The van der Waals surface area contributed by atoms with E-state index in [1.807, 2.05) is 0 Å². The Hall–Kier alpha value is -0.860. The normalized spacial score (nSPS) is 22.9. The summed E-state index contributed by atoms with van der Waals surface area (Å²) in [5, 5.41) is 0. The summed E-state index contributed by atoms with van der Waals surface area (Å²) in [5.74, 6) is 0. The minimum atomic E-state index is 0.542. The third kappa shape index (κ3) is 2.80. The van der Waals surface area contributed by atoms with Gasteiger partial charge in [-0.15, -0.1) is 0 Å². The first kappa shape index (κ1) is 10.7. The minimum absolute atomic E-state index is 0.542. The number of nitrogens with zero attached hydrogens (tertiary/aromatic N) is 1. The van der Waals surface area contributed by atoms with E-state index in [0.717, 1.165) is 26.3 Å². The van der Waals surface area contributed by atoms with E-state index in [1.165, 1.54) is 11.1 Å². The maximum Gasteiger partial charge on any atom is 0.0619 e. The van der Waals surface area contributed by atoms with Crippen molar-refractivity contribution in [1.82, 2.24) is 4.90 Å². The fourth-order valence-corrected chi connectivity index (χ4v) is 1.92. The molecule has 1 aromatic rings. The first-order valence-corrected chi connectivity index (χ1v) is 5.63. The molecule has 1 saturated heterocycles. The second-order valence-corrected chi connectivity index (χ2v) is 4.38. The van der Waals surface area contributed by atoms with E-state index < -0.39 is 0 Å². The maximum atomic E-state index is 5.43. The van der Waals surface area contributed by atoms with Crippen LogP contribution in [0.1, 0.15) is 18.1 Å². The summed E-state index contributed by atoms with van der Waals surface area (Å²) in [7, 11) is 0. The standard InChI is InChI=1S/C13H19NO/c1-11-3-5-13(6-4-11)9-14-7-8-15-10-12(14)2/h3-6,12H,7-10H2,1-2H3/t12-/m1/s1. The fraction of sp³-hybridized carbons (Fsp3) is 0.538. The van der Waals surface area contributed by atoms with Gasteiger partial charge in [0.05, 0.1) is 13.2 Å². The molecule has 0 bridgehead atoms. The summed E-state index contributed by atoms with van der Waals surface area (Å²) in [6, 6.07) is 9.34. The molecule has 1 fully saturated rings. The van der Waals surface area contributed by atoms with E-state index in [-0.39, 0.29) is 0 Å². The third-order valence-corrected chi connectivity index (χ3v) is 3.01. The van der Waals surface area contributed by atoms with Crippen molar-refractivity contribution in [2.45, 2.75) is 26.4 Å². The highest BCUT2D eigenvalue weighted by atomic mass is 16.5. The topological polar surface area (TPSA) is 12.5 Å². The van der Waals surface area contributed by atoms with Gasteiger partial charge in [0, 0.05) is 19.1 Å². The van der Waals surface area contributed by atoms with Gasteiger partial charge in [-0.1, -0.05) is 29.8 Å². The van der Waals surface area contributed by atoms with Crippen LogP contribution in [0.25, 0.3) is 0 Å². The Labute approximate surface area is 91.9 Å². The lowest BCUT2D eigenvalue weighted by Crippen LogP contribution is -2.42. The van der Waals surface area contributed by atoms with Crippen LogP contribution in [-0.2, 0) is 11.3 Å². The first-order chi connectivity index (χ1) is 7.25. The Balaban J connectivity index is 1.98. The van der Waals surface area contributed by atoms with Crippen molar-refractivity contribution >= 4 is 0 Å². The molecule has 0 N–H and O–H groups in total. The van der Waals surface area contributed by atoms with Crippen LogP contribution in [0.3, 0.4) is 0 Å². The lowest BCUT2D eigenvalue weighted by Gasteiger charge is -2.33. The summed E-state index contributed by atoms with van der Waals surface area (Å²) < 4.78 is 5.43. The Morgan fingerprint density at radius 3 is 2.73 bits per heavy atom. The van der Waals surface area contributed by atoms with Gasteiger partial charge in [0.1, 0.15) is 0 Å². The number of hydrogen-bond acceptors (Lipinski definition) is 2. The largest absolute Gasteiger partial charge is 0.379 e. The van der Waals surface area contributed by atoms with Gasteiger partial charge in [-0.2, -0.15) is 0 Å². The SMILES string of the molecule is Cc1ccc(CN2CCOC[C@H]2C)cc1. The Bertz CT molecular complexity index is 307. The Morgan fingerprint density at radius 1 is 1.33 bits per heavy atom. The number of morpholine rings is 1. The molecule has 1 aliphatic rings. The zero-order chi connectivity index (χ0) is 10.7.